The average Bonchev–Trinajstić information content (AvgIpc) is 3.61. The predicted octanol–water partition coefficient (Wildman–Crippen LogP) is 12.5. The van der Waals surface area contributed by atoms with Gasteiger partial charge in [-0.15, -0.1) is 0 Å². The first kappa shape index (κ1) is 52.5. The Hall–Kier alpha value is -3.48. The van der Waals surface area contributed by atoms with Crippen LogP contribution in [0.3, 0.4) is 0 Å². The van der Waals surface area contributed by atoms with Crippen LogP contribution in [0.4, 0.5) is 114 Å². The predicted molar refractivity (Wildman–Crippen MR) is 150 cm³/mol. The van der Waals surface area contributed by atoms with Gasteiger partial charge in [-0.05, 0) is 24.4 Å². The molecular formula is C26H18F26N4S2. The Morgan fingerprint density at radius 1 is 0.379 bits per heavy atom. The first-order chi connectivity index (χ1) is 25.4. The van der Waals surface area contributed by atoms with Crippen LogP contribution in [-0.4, -0.2) is 89.8 Å². The molecule has 0 aliphatic carbocycles. The molecule has 0 atom stereocenters. The van der Waals surface area contributed by atoms with Crippen molar-refractivity contribution < 1.29 is 114 Å². The highest BCUT2D eigenvalue weighted by molar-refractivity contribution is 7.71. The monoisotopic (exact) mass is 944 g/mol. The minimum absolute atomic E-state index is 0.361. The lowest BCUT2D eigenvalue weighted by atomic mass is 9.92. The summed E-state index contributed by atoms with van der Waals surface area (Å²) >= 11 is 9.32. The number of nitrogens with zero attached hydrogens (tertiary/aromatic N) is 4. The number of hydrogen-bond acceptors (Lipinski definition) is 2. The summed E-state index contributed by atoms with van der Waals surface area (Å²) in [7, 11) is 0. The maximum Gasteiger partial charge on any atom is 0.460 e. The van der Waals surface area contributed by atoms with Crippen LogP contribution in [0.5, 0.6) is 0 Å². The van der Waals surface area contributed by atoms with E-state index in [1.54, 1.807) is 0 Å². The summed E-state index contributed by atoms with van der Waals surface area (Å²) < 4.78 is 340. The van der Waals surface area contributed by atoms with Gasteiger partial charge in [0, 0.05) is 63.1 Å². The molecule has 0 amide bonds. The van der Waals surface area contributed by atoms with Gasteiger partial charge in [0.15, 0.2) is 9.54 Å². The number of rotatable bonds is 16. The minimum Gasteiger partial charge on any atom is -0.323 e. The van der Waals surface area contributed by atoms with Crippen LogP contribution < -0.4 is 0 Å². The third-order valence-electron chi connectivity index (χ3n) is 7.47. The summed E-state index contributed by atoms with van der Waals surface area (Å²) in [6, 6.07) is 0. The van der Waals surface area contributed by atoms with Crippen molar-refractivity contribution in [3.05, 3.63) is 47.5 Å². The lowest BCUT2D eigenvalue weighted by molar-refractivity contribution is -0.440. The van der Waals surface area contributed by atoms with E-state index in [0.717, 1.165) is 46.3 Å². The molecule has 2 aromatic rings. The Balaban J connectivity index is 0.000000580. The zero-order chi connectivity index (χ0) is 46.5. The number of aryl methyl sites for hydroxylation is 2. The number of hydrogen-bond donors (Lipinski definition) is 0. The van der Waals surface area contributed by atoms with Gasteiger partial charge in [-0.25, -0.2) is 0 Å². The Labute approximate surface area is 314 Å². The molecule has 0 aliphatic rings. The molecule has 0 spiro atoms. The molecule has 0 aliphatic heterocycles. The summed E-state index contributed by atoms with van der Waals surface area (Å²) in [5.41, 5.74) is 0. The Morgan fingerprint density at radius 3 is 0.793 bits per heavy atom. The Bertz CT molecular complexity index is 1740. The highest BCUT2D eigenvalue weighted by Gasteiger charge is 2.92. The summed E-state index contributed by atoms with van der Waals surface area (Å²) in [5.74, 6) is -73.7. The van der Waals surface area contributed by atoms with E-state index < -0.39 is 97.5 Å². The maximum atomic E-state index is 13.7. The average molecular weight is 945 g/mol. The fourth-order valence-corrected chi connectivity index (χ4v) is 4.49. The van der Waals surface area contributed by atoms with Gasteiger partial charge >= 0.3 is 71.6 Å². The van der Waals surface area contributed by atoms with Crippen LogP contribution in [0.25, 0.3) is 12.4 Å². The van der Waals surface area contributed by atoms with Crippen LogP contribution in [0.2, 0.25) is 0 Å². The van der Waals surface area contributed by atoms with Gasteiger partial charge in [0.1, 0.15) is 0 Å². The van der Waals surface area contributed by atoms with E-state index in [2.05, 4.69) is 37.6 Å². The van der Waals surface area contributed by atoms with Gasteiger partial charge < -0.3 is 9.13 Å². The van der Waals surface area contributed by atoms with Crippen molar-refractivity contribution in [2.45, 2.75) is 97.5 Å². The number of halogens is 26. The van der Waals surface area contributed by atoms with E-state index in [4.69, 9.17) is 0 Å². The van der Waals surface area contributed by atoms with Gasteiger partial charge in [-0.1, -0.05) is 13.2 Å². The van der Waals surface area contributed by atoms with Crippen LogP contribution in [0.1, 0.15) is 12.8 Å². The largest absolute Gasteiger partial charge is 0.460 e. The van der Waals surface area contributed by atoms with E-state index in [0.29, 0.717) is 9.13 Å². The summed E-state index contributed by atoms with van der Waals surface area (Å²) in [6.07, 6.45) is -13.6. The van der Waals surface area contributed by atoms with Crippen molar-refractivity contribution in [1.82, 2.24) is 18.3 Å². The second-order valence-corrected chi connectivity index (χ2v) is 12.0. The van der Waals surface area contributed by atoms with Crippen LogP contribution >= 0.6 is 24.4 Å². The lowest BCUT2D eigenvalue weighted by Gasteiger charge is -2.39. The molecule has 336 valence electrons. The maximum absolute atomic E-state index is 13.7. The second-order valence-electron chi connectivity index (χ2n) is 11.2. The number of aromatic nitrogens is 4. The van der Waals surface area contributed by atoms with Crippen molar-refractivity contribution in [1.29, 1.82) is 0 Å². The molecule has 0 aromatic carbocycles. The number of imidazole rings is 2. The quantitative estimate of drug-likeness (QED) is 0.123. The second kappa shape index (κ2) is 15.8. The van der Waals surface area contributed by atoms with Crippen molar-refractivity contribution >= 4 is 36.8 Å². The van der Waals surface area contributed by atoms with Crippen molar-refractivity contribution in [2.75, 3.05) is 0 Å². The lowest BCUT2D eigenvalue weighted by Crippen LogP contribution is -2.70. The molecule has 0 unspecified atom stereocenters. The highest BCUT2D eigenvalue weighted by Crippen LogP contribution is 2.62. The first-order valence-electron chi connectivity index (χ1n) is 14.1. The Morgan fingerprint density at radius 2 is 0.603 bits per heavy atom. The summed E-state index contributed by atoms with van der Waals surface area (Å²) in [6.45, 7) is 3.87. The molecule has 32 heteroatoms. The van der Waals surface area contributed by atoms with E-state index in [-0.39, 0.29) is 9.54 Å². The van der Waals surface area contributed by atoms with E-state index >= 15 is 0 Å². The smallest absolute Gasteiger partial charge is 0.323 e. The van der Waals surface area contributed by atoms with E-state index in [1.165, 1.54) is 0 Å². The minimum atomic E-state index is -7.90. The molecule has 0 bridgehead atoms. The summed E-state index contributed by atoms with van der Waals surface area (Å²) in [5, 5.41) is 0. The van der Waals surface area contributed by atoms with Crippen LogP contribution in [0.15, 0.2) is 37.9 Å². The van der Waals surface area contributed by atoms with E-state index in [9.17, 15) is 114 Å². The van der Waals surface area contributed by atoms with Gasteiger partial charge in [0.2, 0.25) is 0 Å². The first-order valence-corrected chi connectivity index (χ1v) is 14.9. The van der Waals surface area contributed by atoms with Crippen LogP contribution in [0, 0.1) is 9.54 Å². The molecule has 0 radical (unpaired) electrons. The molecule has 2 rings (SSSR count). The molecule has 0 fully saturated rings. The Kier molecular flexibility index (Phi) is 14.4. The van der Waals surface area contributed by atoms with Gasteiger partial charge in [0.05, 0.1) is 0 Å². The normalized spacial score (nSPS) is 14.9. The van der Waals surface area contributed by atoms with Crippen LogP contribution in [-0.2, 0) is 13.1 Å². The topological polar surface area (TPSA) is 19.7 Å². The fraction of sp³-hybridized carbons (Fsp3) is 0.615. The zero-order valence-electron chi connectivity index (χ0n) is 27.1. The van der Waals surface area contributed by atoms with Gasteiger partial charge in [-0.2, -0.15) is 114 Å². The van der Waals surface area contributed by atoms with Crippen molar-refractivity contribution in [2.24, 2.45) is 0 Å². The molecule has 0 N–H and O–H groups in total. The third-order valence-corrected chi connectivity index (χ3v) is 8.36. The SMILES string of the molecule is C=Cn1ccn(CCC(F)(F)C(F)(F)C(F)(F)C(F)(F)C(F)(F)C(F)(F)F)c1=S.C=Cn1ccn(CCC(F)(F)C(F)(F)C(F)(F)C(F)(F)C(F)(F)C(F)(F)F)c1=S. The van der Waals surface area contributed by atoms with Gasteiger partial charge in [-0.3, -0.25) is 9.13 Å². The molecule has 0 saturated heterocycles. The molecule has 4 nitrogen and oxygen atoms in total. The van der Waals surface area contributed by atoms with Crippen molar-refractivity contribution in [3.63, 3.8) is 0 Å². The standard InChI is InChI=1S/2C13H9F13N2S/c2*1-2-27-5-6-28(7(27)29)4-3-8(14,15)9(16,17)10(18,19)11(20,21)12(22,23)13(24,25)26/h2*2,5-6H,1,3-4H2. The van der Waals surface area contributed by atoms with E-state index in [1.807, 2.05) is 0 Å². The third kappa shape index (κ3) is 8.44. The molecule has 2 aromatic heterocycles. The zero-order valence-corrected chi connectivity index (χ0v) is 28.8. The van der Waals surface area contributed by atoms with Crippen molar-refractivity contribution in [3.8, 4) is 0 Å². The number of alkyl halides is 26. The molecule has 0 saturated carbocycles. The van der Waals surface area contributed by atoms with Gasteiger partial charge in [0.25, 0.3) is 0 Å². The molecule has 2 heterocycles. The molecule has 58 heavy (non-hydrogen) atoms. The highest BCUT2D eigenvalue weighted by atomic mass is 32.1. The summed E-state index contributed by atoms with van der Waals surface area (Å²) in [4.78, 5) is 0. The fourth-order valence-electron chi connectivity index (χ4n) is 3.91. The molecular weight excluding hydrogens is 926 g/mol.